The Morgan fingerprint density at radius 2 is 1.80 bits per heavy atom. The smallest absolute Gasteiger partial charge is 0.257 e. The van der Waals surface area contributed by atoms with Gasteiger partial charge in [0.25, 0.3) is 5.91 Å². The van der Waals surface area contributed by atoms with Crippen LogP contribution in [0.2, 0.25) is 0 Å². The summed E-state index contributed by atoms with van der Waals surface area (Å²) in [6, 6.07) is 19.6. The maximum absolute atomic E-state index is 12.4. The Kier molecular flexibility index (Phi) is 5.66. The highest BCUT2D eigenvalue weighted by atomic mass is 16.5. The first-order chi connectivity index (χ1) is 14.6. The average molecular weight is 401 g/mol. The van der Waals surface area contributed by atoms with Gasteiger partial charge >= 0.3 is 0 Å². The Morgan fingerprint density at radius 1 is 1.03 bits per heavy atom. The van der Waals surface area contributed by atoms with Crippen molar-refractivity contribution in [1.82, 2.24) is 15.3 Å². The molecular formula is C24H23N3O3. The number of hydrogen-bond donors (Lipinski definition) is 3. The van der Waals surface area contributed by atoms with Crippen molar-refractivity contribution in [2.45, 2.75) is 12.8 Å². The monoisotopic (exact) mass is 401 g/mol. The first kappa shape index (κ1) is 19.5. The third-order valence-electron chi connectivity index (χ3n) is 5.08. The van der Waals surface area contributed by atoms with Crippen molar-refractivity contribution in [3.8, 4) is 5.75 Å². The predicted molar refractivity (Wildman–Crippen MR) is 117 cm³/mol. The number of rotatable bonds is 7. The van der Waals surface area contributed by atoms with Crippen molar-refractivity contribution in [2.24, 2.45) is 0 Å². The largest absolute Gasteiger partial charge is 0.478 e. The number of aryl methyl sites for hydroxylation is 1. The van der Waals surface area contributed by atoms with Gasteiger partial charge in [0.05, 0.1) is 0 Å². The molecule has 6 heteroatoms. The Balaban J connectivity index is 1.48. The standard InChI is InChI=1S/C24H23N3O3/c1-16-11-22(28)23(14-25-16)30-15-24(29)27-12-19(17-7-3-2-4-8-17)20-13-26-21-10-6-5-9-18(20)21/h2-11,13-14,19,26H,12,15H2,1H3,(H,25,28)(H,27,29). The number of hydrogen-bond acceptors (Lipinski definition) is 3. The molecule has 1 amide bonds. The SMILES string of the molecule is Cc1cc(=O)c(OCC(=O)NCC(c2ccccc2)c2c[nH]c3ccccc23)c[nH]1. The van der Waals surface area contributed by atoms with E-state index in [1.807, 2.05) is 42.6 Å². The highest BCUT2D eigenvalue weighted by Gasteiger charge is 2.19. The van der Waals surface area contributed by atoms with E-state index in [1.165, 1.54) is 12.3 Å². The fraction of sp³-hybridized carbons (Fsp3) is 0.167. The second-order valence-corrected chi connectivity index (χ2v) is 7.19. The minimum atomic E-state index is -0.282. The molecule has 0 aliphatic heterocycles. The van der Waals surface area contributed by atoms with Crippen LogP contribution in [-0.2, 0) is 4.79 Å². The second kappa shape index (κ2) is 8.69. The lowest BCUT2D eigenvalue weighted by atomic mass is 9.91. The Labute approximate surface area is 173 Å². The second-order valence-electron chi connectivity index (χ2n) is 7.19. The van der Waals surface area contributed by atoms with E-state index < -0.39 is 0 Å². The van der Waals surface area contributed by atoms with E-state index in [2.05, 4.69) is 33.5 Å². The Morgan fingerprint density at radius 3 is 2.60 bits per heavy atom. The zero-order valence-electron chi connectivity index (χ0n) is 16.6. The van der Waals surface area contributed by atoms with E-state index in [0.717, 1.165) is 27.7 Å². The summed E-state index contributed by atoms with van der Waals surface area (Å²) in [4.78, 5) is 30.5. The normalized spacial score (nSPS) is 11.9. The van der Waals surface area contributed by atoms with Crippen LogP contribution in [0.3, 0.4) is 0 Å². The first-order valence-electron chi connectivity index (χ1n) is 9.81. The van der Waals surface area contributed by atoms with Crippen LogP contribution in [0.15, 0.2) is 77.9 Å². The zero-order valence-corrected chi connectivity index (χ0v) is 16.6. The van der Waals surface area contributed by atoms with Crippen molar-refractivity contribution >= 4 is 16.8 Å². The zero-order chi connectivity index (χ0) is 20.9. The number of aromatic amines is 2. The molecule has 2 heterocycles. The number of aromatic nitrogens is 2. The third-order valence-corrected chi connectivity index (χ3v) is 5.08. The number of ether oxygens (including phenoxy) is 1. The molecule has 0 spiro atoms. The van der Waals surface area contributed by atoms with Crippen molar-refractivity contribution in [2.75, 3.05) is 13.2 Å². The molecule has 6 nitrogen and oxygen atoms in total. The molecule has 2 aromatic carbocycles. The number of carbonyl (C=O) groups excluding carboxylic acids is 1. The van der Waals surface area contributed by atoms with Gasteiger partial charge in [0.2, 0.25) is 5.43 Å². The fourth-order valence-corrected chi connectivity index (χ4v) is 3.56. The van der Waals surface area contributed by atoms with Crippen molar-refractivity contribution in [3.63, 3.8) is 0 Å². The summed E-state index contributed by atoms with van der Waals surface area (Å²) in [6.45, 7) is 1.98. The molecule has 2 aromatic heterocycles. The summed E-state index contributed by atoms with van der Waals surface area (Å²) in [6.07, 6.45) is 3.47. The molecule has 0 bridgehead atoms. The van der Waals surface area contributed by atoms with E-state index >= 15 is 0 Å². The molecule has 1 unspecified atom stereocenters. The quantitative estimate of drug-likeness (QED) is 0.443. The summed E-state index contributed by atoms with van der Waals surface area (Å²) in [7, 11) is 0. The summed E-state index contributed by atoms with van der Waals surface area (Å²) in [5.74, 6) is -0.170. The number of amides is 1. The minimum absolute atomic E-state index is 0.0194. The Hall–Kier alpha value is -3.80. The van der Waals surface area contributed by atoms with Crippen LogP contribution in [0, 0.1) is 6.92 Å². The number of para-hydroxylation sites is 1. The van der Waals surface area contributed by atoms with Crippen molar-refractivity contribution < 1.29 is 9.53 Å². The summed E-state index contributed by atoms with van der Waals surface area (Å²) >= 11 is 0. The summed E-state index contributed by atoms with van der Waals surface area (Å²) in [5.41, 5.74) is 3.77. The highest BCUT2D eigenvalue weighted by molar-refractivity contribution is 5.84. The summed E-state index contributed by atoms with van der Waals surface area (Å²) in [5, 5.41) is 4.07. The summed E-state index contributed by atoms with van der Waals surface area (Å²) < 4.78 is 5.39. The number of fused-ring (bicyclic) bond motifs is 1. The molecule has 3 N–H and O–H groups in total. The molecule has 0 aliphatic rings. The van der Waals surface area contributed by atoms with Crippen molar-refractivity contribution in [1.29, 1.82) is 0 Å². The van der Waals surface area contributed by atoms with Crippen LogP contribution >= 0.6 is 0 Å². The molecule has 0 aliphatic carbocycles. The molecule has 4 rings (SSSR count). The fourth-order valence-electron chi connectivity index (χ4n) is 3.56. The van der Waals surface area contributed by atoms with Crippen LogP contribution in [-0.4, -0.2) is 29.0 Å². The third kappa shape index (κ3) is 4.27. The number of nitrogens with one attached hydrogen (secondary N) is 3. The van der Waals surface area contributed by atoms with Gasteiger partial charge in [0.15, 0.2) is 12.4 Å². The van der Waals surface area contributed by atoms with Crippen molar-refractivity contribution in [3.05, 3.63) is 100 Å². The number of carbonyl (C=O) groups is 1. The molecule has 0 saturated heterocycles. The van der Waals surface area contributed by atoms with Crippen LogP contribution in [0.1, 0.15) is 22.7 Å². The van der Waals surface area contributed by atoms with Gasteiger partial charge in [-0.1, -0.05) is 48.5 Å². The number of benzene rings is 2. The maximum atomic E-state index is 12.4. The predicted octanol–water partition coefficient (Wildman–Crippen LogP) is 3.49. The lowest BCUT2D eigenvalue weighted by Gasteiger charge is -2.18. The van der Waals surface area contributed by atoms with Gasteiger partial charge < -0.3 is 20.0 Å². The van der Waals surface area contributed by atoms with E-state index in [4.69, 9.17) is 4.74 Å². The van der Waals surface area contributed by atoms with Gasteiger partial charge in [-0.25, -0.2) is 0 Å². The lowest BCUT2D eigenvalue weighted by molar-refractivity contribution is -0.123. The topological polar surface area (TPSA) is 87.0 Å². The van der Waals surface area contributed by atoms with E-state index in [0.29, 0.717) is 6.54 Å². The lowest BCUT2D eigenvalue weighted by Crippen LogP contribution is -2.33. The molecule has 0 saturated carbocycles. The molecule has 0 radical (unpaired) electrons. The van der Waals surface area contributed by atoms with E-state index in [9.17, 15) is 9.59 Å². The van der Waals surface area contributed by atoms with Crippen LogP contribution in [0.4, 0.5) is 0 Å². The van der Waals surface area contributed by atoms with Crippen LogP contribution < -0.4 is 15.5 Å². The molecule has 152 valence electrons. The highest BCUT2D eigenvalue weighted by Crippen LogP contribution is 2.30. The van der Waals surface area contributed by atoms with E-state index in [1.54, 1.807) is 6.92 Å². The molecule has 0 fully saturated rings. The molecular weight excluding hydrogens is 378 g/mol. The molecule has 30 heavy (non-hydrogen) atoms. The van der Waals surface area contributed by atoms with Crippen LogP contribution in [0.25, 0.3) is 10.9 Å². The Bertz CT molecular complexity index is 1210. The van der Waals surface area contributed by atoms with Gasteiger partial charge in [-0.2, -0.15) is 0 Å². The van der Waals surface area contributed by atoms with Gasteiger partial charge in [-0.05, 0) is 24.1 Å². The average Bonchev–Trinajstić information content (AvgIpc) is 3.18. The van der Waals surface area contributed by atoms with Crippen LogP contribution in [0.5, 0.6) is 5.75 Å². The number of pyridine rings is 1. The van der Waals surface area contributed by atoms with Gasteiger partial charge in [0, 0.05) is 47.5 Å². The van der Waals surface area contributed by atoms with Gasteiger partial charge in [-0.15, -0.1) is 0 Å². The molecule has 4 aromatic rings. The number of H-pyrrole nitrogens is 2. The molecule has 1 atom stereocenters. The minimum Gasteiger partial charge on any atom is -0.478 e. The van der Waals surface area contributed by atoms with Gasteiger partial charge in [0.1, 0.15) is 0 Å². The van der Waals surface area contributed by atoms with E-state index in [-0.39, 0.29) is 29.6 Å². The first-order valence-corrected chi connectivity index (χ1v) is 9.81. The van der Waals surface area contributed by atoms with Gasteiger partial charge in [-0.3, -0.25) is 9.59 Å². The maximum Gasteiger partial charge on any atom is 0.257 e.